The van der Waals surface area contributed by atoms with Crippen molar-refractivity contribution in [2.45, 2.75) is 19.9 Å². The van der Waals surface area contributed by atoms with Crippen LogP contribution in [0.25, 0.3) is 0 Å². The molecule has 0 aliphatic carbocycles. The van der Waals surface area contributed by atoms with Crippen LogP contribution >= 0.6 is 11.6 Å². The van der Waals surface area contributed by atoms with Crippen LogP contribution in [0.4, 0.5) is 5.82 Å². The van der Waals surface area contributed by atoms with E-state index in [4.69, 9.17) is 11.6 Å². The predicted molar refractivity (Wildman–Crippen MR) is 61.5 cm³/mol. The van der Waals surface area contributed by atoms with Gasteiger partial charge in [-0.25, -0.2) is 9.97 Å². The van der Waals surface area contributed by atoms with Gasteiger partial charge < -0.3 is 10.2 Å². The van der Waals surface area contributed by atoms with E-state index in [1.54, 1.807) is 0 Å². The Bertz CT molecular complexity index is 335. The summed E-state index contributed by atoms with van der Waals surface area (Å²) in [5.74, 6) is 0.931. The smallest absolute Gasteiger partial charge is 0.224 e. The summed E-state index contributed by atoms with van der Waals surface area (Å²) in [5.41, 5.74) is 0.913. The molecule has 0 bridgehead atoms. The van der Waals surface area contributed by atoms with Crippen molar-refractivity contribution >= 4 is 17.4 Å². The molecular weight excluding hydrogens is 212 g/mol. The zero-order chi connectivity index (χ0) is 10.8. The predicted octanol–water partition coefficient (Wildman–Crippen LogP) is 1.24. The molecule has 1 aliphatic rings. The van der Waals surface area contributed by atoms with Crippen LogP contribution in [-0.2, 0) is 0 Å². The van der Waals surface area contributed by atoms with Crippen LogP contribution < -0.4 is 10.2 Å². The average molecular weight is 227 g/mol. The van der Waals surface area contributed by atoms with E-state index < -0.39 is 0 Å². The second-order valence-corrected chi connectivity index (χ2v) is 4.28. The molecule has 1 N–H and O–H groups in total. The SMILES string of the molecule is Cc1cc(N2CCN[C@@H](C)C2)nc(Cl)n1. The van der Waals surface area contributed by atoms with Crippen LogP contribution in [0.3, 0.4) is 0 Å². The molecule has 1 atom stereocenters. The lowest BCUT2D eigenvalue weighted by atomic mass is 10.2. The molecular formula is C10H15ClN4. The fourth-order valence-corrected chi connectivity index (χ4v) is 2.04. The van der Waals surface area contributed by atoms with Crippen molar-refractivity contribution in [2.75, 3.05) is 24.5 Å². The molecule has 1 aromatic heterocycles. The summed E-state index contributed by atoms with van der Waals surface area (Å²) in [6.07, 6.45) is 0. The van der Waals surface area contributed by atoms with Gasteiger partial charge in [0.2, 0.25) is 5.28 Å². The second-order valence-electron chi connectivity index (χ2n) is 3.94. The van der Waals surface area contributed by atoms with Gasteiger partial charge in [0.05, 0.1) is 0 Å². The van der Waals surface area contributed by atoms with Crippen molar-refractivity contribution in [2.24, 2.45) is 0 Å². The van der Waals surface area contributed by atoms with E-state index in [0.717, 1.165) is 31.1 Å². The second kappa shape index (κ2) is 4.33. The molecule has 0 saturated carbocycles. The maximum Gasteiger partial charge on any atom is 0.224 e. The Labute approximate surface area is 94.7 Å². The van der Waals surface area contributed by atoms with Crippen LogP contribution in [0, 0.1) is 6.92 Å². The van der Waals surface area contributed by atoms with Gasteiger partial charge in [0.1, 0.15) is 5.82 Å². The number of aryl methyl sites for hydroxylation is 1. The van der Waals surface area contributed by atoms with Crippen LogP contribution in [0.15, 0.2) is 6.07 Å². The molecule has 82 valence electrons. The van der Waals surface area contributed by atoms with Gasteiger partial charge in [0.25, 0.3) is 0 Å². The molecule has 15 heavy (non-hydrogen) atoms. The van der Waals surface area contributed by atoms with E-state index in [2.05, 4.69) is 27.1 Å². The first kappa shape index (κ1) is 10.6. The van der Waals surface area contributed by atoms with Gasteiger partial charge >= 0.3 is 0 Å². The Morgan fingerprint density at radius 2 is 2.33 bits per heavy atom. The Kier molecular flexibility index (Phi) is 3.07. The number of piperazine rings is 1. The van der Waals surface area contributed by atoms with Crippen LogP contribution in [0.5, 0.6) is 0 Å². The third-order valence-electron chi connectivity index (χ3n) is 2.51. The maximum absolute atomic E-state index is 5.84. The van der Waals surface area contributed by atoms with Gasteiger partial charge in [0, 0.05) is 37.4 Å². The van der Waals surface area contributed by atoms with Gasteiger partial charge in [-0.2, -0.15) is 0 Å². The lowest BCUT2D eigenvalue weighted by molar-refractivity contribution is 0.482. The first-order chi connectivity index (χ1) is 7.15. The van der Waals surface area contributed by atoms with Gasteiger partial charge in [-0.15, -0.1) is 0 Å². The highest BCUT2D eigenvalue weighted by molar-refractivity contribution is 6.28. The Balaban J connectivity index is 2.20. The Morgan fingerprint density at radius 3 is 3.00 bits per heavy atom. The molecule has 1 aromatic rings. The third-order valence-corrected chi connectivity index (χ3v) is 2.68. The van der Waals surface area contributed by atoms with Crippen molar-refractivity contribution in [3.05, 3.63) is 17.0 Å². The number of anilines is 1. The van der Waals surface area contributed by atoms with Crippen molar-refractivity contribution in [1.29, 1.82) is 0 Å². The molecule has 0 radical (unpaired) electrons. The normalized spacial score (nSPS) is 21.8. The van der Waals surface area contributed by atoms with E-state index in [0.29, 0.717) is 11.3 Å². The van der Waals surface area contributed by atoms with Crippen molar-refractivity contribution < 1.29 is 0 Å². The van der Waals surface area contributed by atoms with E-state index >= 15 is 0 Å². The molecule has 2 rings (SSSR count). The minimum absolute atomic E-state index is 0.330. The summed E-state index contributed by atoms with van der Waals surface area (Å²) in [6.45, 7) is 7.02. The van der Waals surface area contributed by atoms with Crippen LogP contribution in [0.2, 0.25) is 5.28 Å². The lowest BCUT2D eigenvalue weighted by Gasteiger charge is -2.32. The number of hydrogen-bond acceptors (Lipinski definition) is 4. The van der Waals surface area contributed by atoms with Crippen LogP contribution in [0.1, 0.15) is 12.6 Å². The number of halogens is 1. The number of rotatable bonds is 1. The minimum atomic E-state index is 0.330. The molecule has 5 heteroatoms. The summed E-state index contributed by atoms with van der Waals surface area (Å²) in [7, 11) is 0. The number of hydrogen-bond donors (Lipinski definition) is 1. The number of aromatic nitrogens is 2. The molecule has 0 spiro atoms. The highest BCUT2D eigenvalue weighted by atomic mass is 35.5. The summed E-state index contributed by atoms with van der Waals surface area (Å²) in [4.78, 5) is 10.5. The van der Waals surface area contributed by atoms with E-state index in [1.807, 2.05) is 13.0 Å². The summed E-state index contributed by atoms with van der Waals surface area (Å²) in [6, 6.07) is 2.47. The van der Waals surface area contributed by atoms with Gasteiger partial charge in [-0.3, -0.25) is 0 Å². The molecule has 1 saturated heterocycles. The third kappa shape index (κ3) is 2.58. The zero-order valence-electron chi connectivity index (χ0n) is 9.00. The fraction of sp³-hybridized carbons (Fsp3) is 0.600. The topological polar surface area (TPSA) is 41.0 Å². The Morgan fingerprint density at radius 1 is 1.53 bits per heavy atom. The van der Waals surface area contributed by atoms with E-state index in [9.17, 15) is 0 Å². The first-order valence-electron chi connectivity index (χ1n) is 5.14. The monoisotopic (exact) mass is 226 g/mol. The number of nitrogens with one attached hydrogen (secondary N) is 1. The molecule has 4 nitrogen and oxygen atoms in total. The average Bonchev–Trinajstić information content (AvgIpc) is 2.16. The number of nitrogens with zero attached hydrogens (tertiary/aromatic N) is 3. The summed E-state index contributed by atoms with van der Waals surface area (Å²) >= 11 is 5.84. The van der Waals surface area contributed by atoms with Crippen molar-refractivity contribution in [3.63, 3.8) is 0 Å². The minimum Gasteiger partial charge on any atom is -0.354 e. The zero-order valence-corrected chi connectivity index (χ0v) is 9.75. The quantitative estimate of drug-likeness (QED) is 0.732. The summed E-state index contributed by atoms with van der Waals surface area (Å²) in [5, 5.41) is 3.72. The van der Waals surface area contributed by atoms with Crippen molar-refractivity contribution in [3.8, 4) is 0 Å². The summed E-state index contributed by atoms with van der Waals surface area (Å²) < 4.78 is 0. The molecule has 1 aliphatic heterocycles. The highest BCUT2D eigenvalue weighted by Gasteiger charge is 2.17. The van der Waals surface area contributed by atoms with E-state index in [1.165, 1.54) is 0 Å². The van der Waals surface area contributed by atoms with E-state index in [-0.39, 0.29) is 0 Å². The van der Waals surface area contributed by atoms with Gasteiger partial charge in [0.15, 0.2) is 0 Å². The fourth-order valence-electron chi connectivity index (χ4n) is 1.82. The van der Waals surface area contributed by atoms with Crippen LogP contribution in [-0.4, -0.2) is 35.6 Å². The molecule has 0 amide bonds. The Hall–Kier alpha value is -0.870. The highest BCUT2D eigenvalue weighted by Crippen LogP contribution is 2.16. The molecule has 1 fully saturated rings. The molecule has 0 unspecified atom stereocenters. The molecule has 0 aromatic carbocycles. The largest absolute Gasteiger partial charge is 0.354 e. The van der Waals surface area contributed by atoms with Crippen molar-refractivity contribution in [1.82, 2.24) is 15.3 Å². The lowest BCUT2D eigenvalue weighted by Crippen LogP contribution is -2.49. The first-order valence-corrected chi connectivity index (χ1v) is 5.52. The maximum atomic E-state index is 5.84. The van der Waals surface area contributed by atoms with Gasteiger partial charge in [-0.05, 0) is 25.4 Å². The van der Waals surface area contributed by atoms with Gasteiger partial charge in [-0.1, -0.05) is 0 Å². The standard InChI is InChI=1S/C10H15ClN4/c1-7-5-9(14-10(11)13-7)15-4-3-12-8(2)6-15/h5,8,12H,3-4,6H2,1-2H3/t8-/m0/s1. The molecule has 2 heterocycles.